The number of para-hydroxylation sites is 1. The first-order valence-corrected chi connectivity index (χ1v) is 11.3. The Morgan fingerprint density at radius 3 is 2.38 bits per heavy atom. The molecule has 0 radical (unpaired) electrons. The molecule has 2 aromatic rings. The van der Waals surface area contributed by atoms with Gasteiger partial charge in [0.25, 0.3) is 15.9 Å². The maximum absolute atomic E-state index is 13.2. The molecule has 6 nitrogen and oxygen atoms in total. The Balaban J connectivity index is 1.88. The topological polar surface area (TPSA) is 84.5 Å². The number of carbonyl (C=O) groups is 1. The maximum Gasteiger partial charge on any atom is 0.262 e. The van der Waals surface area contributed by atoms with Gasteiger partial charge in [0, 0.05) is 13.2 Å². The lowest BCUT2D eigenvalue weighted by atomic mass is 10.0. The maximum atomic E-state index is 13.2. The van der Waals surface area contributed by atoms with Crippen LogP contribution >= 0.6 is 0 Å². The number of hydrogen-bond acceptors (Lipinski definition) is 4. The van der Waals surface area contributed by atoms with E-state index in [1.807, 2.05) is 19.9 Å². The van der Waals surface area contributed by atoms with Gasteiger partial charge in [-0.2, -0.15) is 0 Å². The van der Waals surface area contributed by atoms with Crippen LogP contribution in [-0.4, -0.2) is 33.6 Å². The Morgan fingerprint density at radius 2 is 1.76 bits per heavy atom. The number of ether oxygens (including phenoxy) is 1. The average molecular weight is 417 g/mol. The molecule has 2 N–H and O–H groups in total. The summed E-state index contributed by atoms with van der Waals surface area (Å²) < 4.78 is 34.6. The fourth-order valence-corrected chi connectivity index (χ4v) is 5.35. The van der Waals surface area contributed by atoms with Gasteiger partial charge in [0.15, 0.2) is 0 Å². The number of hydrogen-bond donors (Lipinski definition) is 2. The van der Waals surface area contributed by atoms with Gasteiger partial charge >= 0.3 is 0 Å². The zero-order valence-corrected chi connectivity index (χ0v) is 18.2. The van der Waals surface area contributed by atoms with E-state index in [9.17, 15) is 13.2 Å². The summed E-state index contributed by atoms with van der Waals surface area (Å²) >= 11 is 0. The molecule has 2 aromatic carbocycles. The molecule has 1 atom stereocenters. The van der Waals surface area contributed by atoms with Crippen molar-refractivity contribution in [1.82, 2.24) is 5.32 Å². The van der Waals surface area contributed by atoms with Gasteiger partial charge < -0.3 is 10.1 Å². The van der Waals surface area contributed by atoms with E-state index in [4.69, 9.17) is 4.74 Å². The van der Waals surface area contributed by atoms with Crippen molar-refractivity contribution in [2.75, 3.05) is 17.9 Å². The van der Waals surface area contributed by atoms with Crippen LogP contribution in [-0.2, 0) is 14.8 Å². The number of sulfonamides is 1. The first kappa shape index (κ1) is 21.3. The molecular formula is C22H28N2O4S. The molecule has 156 valence electrons. The molecule has 1 unspecified atom stereocenters. The van der Waals surface area contributed by atoms with E-state index in [2.05, 4.69) is 10.0 Å². The van der Waals surface area contributed by atoms with E-state index in [0.29, 0.717) is 24.3 Å². The van der Waals surface area contributed by atoms with Gasteiger partial charge in [0.05, 0.1) is 22.3 Å². The Morgan fingerprint density at radius 1 is 1.10 bits per heavy atom. The Hall–Kier alpha value is -2.38. The fourth-order valence-electron chi connectivity index (χ4n) is 3.66. The van der Waals surface area contributed by atoms with Crippen molar-refractivity contribution < 1.29 is 17.9 Å². The lowest BCUT2D eigenvalue weighted by Crippen LogP contribution is -2.32. The van der Waals surface area contributed by atoms with Gasteiger partial charge in [0.1, 0.15) is 0 Å². The molecule has 0 spiro atoms. The van der Waals surface area contributed by atoms with Crippen molar-refractivity contribution in [3.05, 3.63) is 58.1 Å². The van der Waals surface area contributed by atoms with Gasteiger partial charge in [-0.05, 0) is 74.9 Å². The summed E-state index contributed by atoms with van der Waals surface area (Å²) in [5.41, 5.74) is 3.79. The van der Waals surface area contributed by atoms with Crippen molar-refractivity contribution in [3.8, 4) is 0 Å². The monoisotopic (exact) mass is 416 g/mol. The lowest BCUT2D eigenvalue weighted by molar-refractivity contribution is 0.0858. The molecule has 1 fully saturated rings. The van der Waals surface area contributed by atoms with Gasteiger partial charge in [-0.3, -0.25) is 9.52 Å². The van der Waals surface area contributed by atoms with Crippen LogP contribution in [0.5, 0.6) is 0 Å². The van der Waals surface area contributed by atoms with E-state index < -0.39 is 10.0 Å². The van der Waals surface area contributed by atoms with Gasteiger partial charge in [-0.1, -0.05) is 18.2 Å². The summed E-state index contributed by atoms with van der Waals surface area (Å²) in [6.45, 7) is 8.52. The predicted molar refractivity (Wildman–Crippen MR) is 114 cm³/mol. The second kappa shape index (κ2) is 8.55. The zero-order chi connectivity index (χ0) is 21.2. The van der Waals surface area contributed by atoms with E-state index in [1.54, 1.807) is 38.1 Å². The summed E-state index contributed by atoms with van der Waals surface area (Å²) in [4.78, 5) is 13.0. The summed E-state index contributed by atoms with van der Waals surface area (Å²) in [6, 6.07) is 8.62. The Kier molecular flexibility index (Phi) is 6.29. The first-order valence-electron chi connectivity index (χ1n) is 9.79. The smallest absolute Gasteiger partial charge is 0.262 e. The number of nitrogens with one attached hydrogen (secondary N) is 2. The van der Waals surface area contributed by atoms with E-state index in [1.165, 1.54) is 0 Å². The molecule has 0 aromatic heterocycles. The van der Waals surface area contributed by atoms with Crippen LogP contribution < -0.4 is 10.0 Å². The third-order valence-corrected chi connectivity index (χ3v) is 7.13. The quantitative estimate of drug-likeness (QED) is 0.753. The van der Waals surface area contributed by atoms with Crippen LogP contribution in [0.4, 0.5) is 5.69 Å². The molecule has 3 rings (SSSR count). The minimum absolute atomic E-state index is 0.0170. The molecular weight excluding hydrogens is 388 g/mol. The fraction of sp³-hybridized carbons (Fsp3) is 0.409. The van der Waals surface area contributed by atoms with E-state index in [-0.39, 0.29) is 28.2 Å². The molecule has 1 heterocycles. The summed E-state index contributed by atoms with van der Waals surface area (Å²) in [5, 5.41) is 2.85. The van der Waals surface area contributed by atoms with Crippen molar-refractivity contribution >= 4 is 21.6 Å². The second-order valence-corrected chi connectivity index (χ2v) is 9.20. The Labute approximate surface area is 172 Å². The molecule has 7 heteroatoms. The number of aryl methyl sites for hydroxylation is 2. The molecule has 1 aliphatic rings. The second-order valence-electron chi connectivity index (χ2n) is 7.59. The number of anilines is 1. The highest BCUT2D eigenvalue weighted by atomic mass is 32.2. The molecule has 0 saturated carbocycles. The molecule has 1 amide bonds. The van der Waals surface area contributed by atoms with Crippen LogP contribution in [0.1, 0.15) is 45.5 Å². The molecule has 29 heavy (non-hydrogen) atoms. The minimum atomic E-state index is -3.86. The normalized spacial score (nSPS) is 16.6. The standard InChI is InChI=1S/C22H28N2O4S/c1-14-12-15(2)17(4)21(16(14)3)29(26,27)24-20-10-6-5-9-19(20)22(25)23-13-18-8-7-11-28-18/h5-6,9-10,12,18,24H,7-8,11,13H2,1-4H3,(H,23,25). The largest absolute Gasteiger partial charge is 0.376 e. The van der Waals surface area contributed by atoms with Crippen molar-refractivity contribution in [1.29, 1.82) is 0 Å². The SMILES string of the molecule is Cc1cc(C)c(C)c(S(=O)(=O)Nc2ccccc2C(=O)NCC2CCCO2)c1C. The third kappa shape index (κ3) is 4.62. The van der Waals surface area contributed by atoms with Gasteiger partial charge in [0.2, 0.25) is 0 Å². The summed E-state index contributed by atoms with van der Waals surface area (Å²) in [5.74, 6) is -0.326. The van der Waals surface area contributed by atoms with Gasteiger partial charge in [-0.25, -0.2) is 8.42 Å². The van der Waals surface area contributed by atoms with Crippen LogP contribution in [0, 0.1) is 27.7 Å². The van der Waals surface area contributed by atoms with E-state index >= 15 is 0 Å². The highest BCUT2D eigenvalue weighted by molar-refractivity contribution is 7.92. The summed E-state index contributed by atoms with van der Waals surface area (Å²) in [6.07, 6.45) is 1.93. The highest BCUT2D eigenvalue weighted by Gasteiger charge is 2.24. The van der Waals surface area contributed by atoms with Crippen molar-refractivity contribution in [2.45, 2.75) is 51.5 Å². The average Bonchev–Trinajstić information content (AvgIpc) is 3.18. The predicted octanol–water partition coefficient (Wildman–Crippen LogP) is 3.63. The molecule has 1 saturated heterocycles. The van der Waals surface area contributed by atoms with Crippen LogP contribution in [0.25, 0.3) is 0 Å². The van der Waals surface area contributed by atoms with Crippen LogP contribution in [0.2, 0.25) is 0 Å². The third-order valence-electron chi connectivity index (χ3n) is 5.50. The number of rotatable bonds is 6. The zero-order valence-electron chi connectivity index (χ0n) is 17.3. The van der Waals surface area contributed by atoms with Crippen LogP contribution in [0.3, 0.4) is 0 Å². The minimum Gasteiger partial charge on any atom is -0.376 e. The van der Waals surface area contributed by atoms with Crippen molar-refractivity contribution in [2.24, 2.45) is 0 Å². The van der Waals surface area contributed by atoms with Gasteiger partial charge in [-0.15, -0.1) is 0 Å². The number of amides is 1. The lowest BCUT2D eigenvalue weighted by Gasteiger charge is -2.18. The number of carbonyl (C=O) groups excluding carboxylic acids is 1. The Bertz CT molecular complexity index is 999. The number of benzene rings is 2. The molecule has 0 aliphatic carbocycles. The molecule has 1 aliphatic heterocycles. The van der Waals surface area contributed by atoms with Crippen LogP contribution in [0.15, 0.2) is 35.2 Å². The summed E-state index contributed by atoms with van der Waals surface area (Å²) in [7, 11) is -3.86. The van der Waals surface area contributed by atoms with Crippen molar-refractivity contribution in [3.63, 3.8) is 0 Å². The highest BCUT2D eigenvalue weighted by Crippen LogP contribution is 2.28. The molecule has 0 bridgehead atoms. The first-order chi connectivity index (χ1) is 13.7. The van der Waals surface area contributed by atoms with E-state index in [0.717, 1.165) is 24.0 Å².